The van der Waals surface area contributed by atoms with Gasteiger partial charge < -0.3 is 14.9 Å². The Morgan fingerprint density at radius 2 is 1.91 bits per heavy atom. The number of ketones is 1. The number of benzene rings is 1. The highest BCUT2D eigenvalue weighted by molar-refractivity contribution is 5.93. The summed E-state index contributed by atoms with van der Waals surface area (Å²) < 4.78 is 5.90. The number of carbonyl (C=O) groups excluding carboxylic acids is 1. The summed E-state index contributed by atoms with van der Waals surface area (Å²) in [4.78, 5) is 12.2. The molecular weight excluding hydrogens is 424 g/mol. The lowest BCUT2D eigenvalue weighted by atomic mass is 9.51. The highest BCUT2D eigenvalue weighted by atomic mass is 16.5. The molecule has 2 fully saturated rings. The van der Waals surface area contributed by atoms with E-state index in [2.05, 4.69) is 31.2 Å². The van der Waals surface area contributed by atoms with E-state index >= 15 is 0 Å². The number of allylic oxidation sites excluding steroid dienone is 4. The van der Waals surface area contributed by atoms with Crippen LogP contribution in [-0.4, -0.2) is 34.3 Å². The monoisotopic (exact) mass is 462 g/mol. The van der Waals surface area contributed by atoms with Crippen molar-refractivity contribution in [2.24, 2.45) is 17.3 Å². The lowest BCUT2D eigenvalue weighted by Crippen LogP contribution is -2.50. The molecule has 2 N–H and O–H groups in total. The van der Waals surface area contributed by atoms with Crippen molar-refractivity contribution in [2.45, 2.75) is 83.3 Å². The first kappa shape index (κ1) is 23.6. The van der Waals surface area contributed by atoms with Crippen LogP contribution in [0.5, 0.6) is 5.75 Å². The van der Waals surface area contributed by atoms with Gasteiger partial charge in [0.05, 0.1) is 18.3 Å². The Balaban J connectivity index is 1.62. The van der Waals surface area contributed by atoms with E-state index in [9.17, 15) is 15.0 Å². The molecule has 0 saturated heterocycles. The third-order valence-electron chi connectivity index (χ3n) is 9.10. The molecule has 1 aromatic carbocycles. The molecule has 0 amide bonds. The number of ether oxygens (including phenoxy) is 1. The van der Waals surface area contributed by atoms with Crippen LogP contribution in [0.1, 0.15) is 77.2 Å². The predicted molar refractivity (Wildman–Crippen MR) is 134 cm³/mol. The normalized spacial score (nSPS) is 35.3. The summed E-state index contributed by atoms with van der Waals surface area (Å²) >= 11 is 0. The molecule has 4 aliphatic carbocycles. The van der Waals surface area contributed by atoms with Crippen molar-refractivity contribution >= 4 is 5.78 Å². The molecule has 0 heterocycles. The van der Waals surface area contributed by atoms with Crippen molar-refractivity contribution in [3.8, 4) is 5.75 Å². The minimum absolute atomic E-state index is 0.0509. The van der Waals surface area contributed by atoms with Gasteiger partial charge in [-0.05, 0) is 99.1 Å². The third-order valence-corrected chi connectivity index (χ3v) is 9.10. The van der Waals surface area contributed by atoms with Crippen molar-refractivity contribution < 1.29 is 19.7 Å². The zero-order valence-corrected chi connectivity index (χ0v) is 20.7. The first-order chi connectivity index (χ1) is 16.3. The first-order valence-corrected chi connectivity index (χ1v) is 13.0. The molecule has 5 atom stereocenters. The van der Waals surface area contributed by atoms with Crippen LogP contribution in [-0.2, 0) is 4.79 Å². The van der Waals surface area contributed by atoms with Crippen LogP contribution < -0.4 is 4.74 Å². The SMILES string of the molecule is CC(C)Oc1ccc([C@H]2C[C@@]3(C)[C@@H](CC[C@@]3(O)/C=C/CO)[C@@H]3CCC4=CC(=O)CCC4=C32)cc1. The van der Waals surface area contributed by atoms with Gasteiger partial charge in [0.1, 0.15) is 5.75 Å². The Kier molecular flexibility index (Phi) is 6.10. The number of aliphatic hydroxyl groups is 2. The van der Waals surface area contributed by atoms with E-state index in [4.69, 9.17) is 4.74 Å². The average Bonchev–Trinajstić information content (AvgIpc) is 3.07. The second-order valence-corrected chi connectivity index (χ2v) is 11.3. The van der Waals surface area contributed by atoms with Crippen LogP contribution >= 0.6 is 0 Å². The van der Waals surface area contributed by atoms with Gasteiger partial charge in [0.15, 0.2) is 5.78 Å². The van der Waals surface area contributed by atoms with Crippen LogP contribution in [0.25, 0.3) is 0 Å². The van der Waals surface area contributed by atoms with Crippen molar-refractivity contribution in [3.63, 3.8) is 0 Å². The van der Waals surface area contributed by atoms with E-state index in [0.717, 1.165) is 44.3 Å². The number of hydrogen-bond acceptors (Lipinski definition) is 4. The summed E-state index contributed by atoms with van der Waals surface area (Å²) in [5, 5.41) is 21.3. The maximum absolute atomic E-state index is 12.2. The van der Waals surface area contributed by atoms with Crippen LogP contribution in [0.4, 0.5) is 0 Å². The molecule has 0 radical (unpaired) electrons. The minimum atomic E-state index is -0.909. The Morgan fingerprint density at radius 1 is 1.15 bits per heavy atom. The smallest absolute Gasteiger partial charge is 0.156 e. The molecule has 4 nitrogen and oxygen atoms in total. The van der Waals surface area contributed by atoms with Gasteiger partial charge in [0.25, 0.3) is 0 Å². The molecule has 2 saturated carbocycles. The Bertz CT molecular complexity index is 1050. The molecular formula is C30H38O4. The maximum Gasteiger partial charge on any atom is 0.156 e. The maximum atomic E-state index is 12.2. The summed E-state index contributed by atoms with van der Waals surface area (Å²) in [6, 6.07) is 8.53. The van der Waals surface area contributed by atoms with Gasteiger partial charge in [-0.1, -0.05) is 36.8 Å². The first-order valence-electron chi connectivity index (χ1n) is 13.0. The fourth-order valence-electron chi connectivity index (χ4n) is 7.57. The highest BCUT2D eigenvalue weighted by Gasteiger charge is 2.61. The van der Waals surface area contributed by atoms with E-state index in [1.54, 1.807) is 6.08 Å². The fourth-order valence-corrected chi connectivity index (χ4v) is 7.57. The van der Waals surface area contributed by atoms with Crippen molar-refractivity contribution in [1.29, 1.82) is 0 Å². The summed E-state index contributed by atoms with van der Waals surface area (Å²) in [6.45, 7) is 6.29. The van der Waals surface area contributed by atoms with E-state index in [1.165, 1.54) is 22.3 Å². The van der Waals surface area contributed by atoms with E-state index in [1.807, 2.05) is 26.0 Å². The standard InChI is InChI=1S/C30H38O4/c1-19(2)34-23-9-5-20(6-10-23)26-18-29(3)27(13-15-30(29,33)14-4-16-31)25-11-7-21-17-22(32)8-12-24(21)28(25)26/h4-6,9-10,14,17,19,25-27,31,33H,7-8,11-13,15-16,18H2,1-3H3/b14-4+/t25-,26+,27-,29-,30-/m0/s1. The number of aliphatic hydroxyl groups excluding tert-OH is 1. The van der Waals surface area contributed by atoms with E-state index in [-0.39, 0.29) is 29.8 Å². The van der Waals surface area contributed by atoms with Crippen molar-refractivity contribution in [1.82, 2.24) is 0 Å². The molecule has 0 unspecified atom stereocenters. The van der Waals surface area contributed by atoms with Gasteiger partial charge in [0, 0.05) is 17.8 Å². The molecule has 1 aromatic rings. The lowest BCUT2D eigenvalue weighted by molar-refractivity contribution is -0.114. The van der Waals surface area contributed by atoms with Crippen LogP contribution in [0, 0.1) is 17.3 Å². The quantitative estimate of drug-likeness (QED) is 0.555. The molecule has 0 bridgehead atoms. The molecule has 5 rings (SSSR count). The molecule has 34 heavy (non-hydrogen) atoms. The van der Waals surface area contributed by atoms with Crippen LogP contribution in [0.15, 0.2) is 59.2 Å². The zero-order chi connectivity index (χ0) is 24.1. The van der Waals surface area contributed by atoms with Gasteiger partial charge in [-0.15, -0.1) is 0 Å². The number of rotatable bonds is 5. The van der Waals surface area contributed by atoms with Crippen LogP contribution in [0.3, 0.4) is 0 Å². The van der Waals surface area contributed by atoms with Crippen LogP contribution in [0.2, 0.25) is 0 Å². The molecule has 0 aromatic heterocycles. The Morgan fingerprint density at radius 3 is 2.62 bits per heavy atom. The summed E-state index contributed by atoms with van der Waals surface area (Å²) in [6.07, 6.45) is 11.7. The second kappa shape index (κ2) is 8.80. The number of carbonyl (C=O) groups is 1. The minimum Gasteiger partial charge on any atom is -0.491 e. The Labute approximate surface area is 203 Å². The number of fused-ring (bicyclic) bond motifs is 4. The topological polar surface area (TPSA) is 66.8 Å². The molecule has 0 aliphatic heterocycles. The summed E-state index contributed by atoms with van der Waals surface area (Å²) in [5.74, 6) is 2.17. The van der Waals surface area contributed by atoms with Gasteiger partial charge in [-0.25, -0.2) is 0 Å². The van der Waals surface area contributed by atoms with E-state index in [0.29, 0.717) is 18.3 Å². The molecule has 4 heteroatoms. The lowest BCUT2D eigenvalue weighted by Gasteiger charge is -2.54. The van der Waals surface area contributed by atoms with Gasteiger partial charge >= 0.3 is 0 Å². The Hall–Kier alpha value is -2.17. The largest absolute Gasteiger partial charge is 0.491 e. The van der Waals surface area contributed by atoms with Gasteiger partial charge in [-0.3, -0.25) is 4.79 Å². The van der Waals surface area contributed by atoms with Crippen molar-refractivity contribution in [3.05, 3.63) is 64.8 Å². The van der Waals surface area contributed by atoms with Gasteiger partial charge in [0.2, 0.25) is 0 Å². The molecule has 182 valence electrons. The average molecular weight is 463 g/mol. The molecule has 4 aliphatic rings. The summed E-state index contributed by atoms with van der Waals surface area (Å²) in [7, 11) is 0. The highest BCUT2D eigenvalue weighted by Crippen LogP contribution is 2.67. The van der Waals surface area contributed by atoms with Crippen molar-refractivity contribution in [2.75, 3.05) is 6.61 Å². The van der Waals surface area contributed by atoms with E-state index < -0.39 is 5.60 Å². The second-order valence-electron chi connectivity index (χ2n) is 11.3. The third kappa shape index (κ3) is 3.79. The molecule has 0 spiro atoms. The van der Waals surface area contributed by atoms with Gasteiger partial charge in [-0.2, -0.15) is 0 Å². The fraction of sp³-hybridized carbons (Fsp3) is 0.567. The number of hydrogen-bond donors (Lipinski definition) is 2. The zero-order valence-electron chi connectivity index (χ0n) is 20.7. The predicted octanol–water partition coefficient (Wildman–Crippen LogP) is 5.65. The summed E-state index contributed by atoms with van der Waals surface area (Å²) in [5.41, 5.74) is 4.30.